The third-order valence-electron chi connectivity index (χ3n) is 8.08. The van der Waals surface area contributed by atoms with Crippen molar-refractivity contribution in [2.45, 2.75) is 0 Å². The molecule has 36 heavy (non-hydrogen) atoms. The van der Waals surface area contributed by atoms with Crippen molar-refractivity contribution in [1.29, 1.82) is 0 Å². The zero-order chi connectivity index (χ0) is 23.1. The highest BCUT2D eigenvalue weighted by Gasteiger charge is 2.23. The van der Waals surface area contributed by atoms with E-state index in [9.17, 15) is 0 Å². The summed E-state index contributed by atoms with van der Waals surface area (Å²) in [5, 5.41) is 3.77. The van der Waals surface area contributed by atoms with Crippen LogP contribution in [0.4, 0.5) is 0 Å². The Morgan fingerprint density at radius 2 is 0.583 bits per heavy atom. The highest BCUT2D eigenvalue weighted by Crippen LogP contribution is 2.42. The lowest BCUT2D eigenvalue weighted by Gasteiger charge is -2.20. The Hall–Kier alpha value is -5.10. The summed E-state index contributed by atoms with van der Waals surface area (Å²) >= 11 is 0. The lowest BCUT2D eigenvalue weighted by atomic mass is 10.0. The maximum atomic E-state index is 2.37. The van der Waals surface area contributed by atoms with Gasteiger partial charge in [0.05, 0.1) is 33.1 Å². The van der Waals surface area contributed by atoms with Crippen molar-refractivity contribution >= 4 is 66.2 Å². The molecule has 0 unspecified atom stereocenters. The largest absolute Gasteiger partial charge is 0.302 e. The summed E-state index contributed by atoms with van der Waals surface area (Å²) in [5.41, 5.74) is 10.8. The number of fused-ring (bicyclic) bond motifs is 21. The number of rotatable bonds is 0. The lowest BCUT2D eigenvalue weighted by Crippen LogP contribution is -2.05. The van der Waals surface area contributed by atoms with Crippen LogP contribution < -0.4 is 0 Å². The molecule has 6 nitrogen and oxygen atoms in total. The molecular weight excluding hydrogens is 444 g/mol. The molecule has 0 bridgehead atoms. The highest BCUT2D eigenvalue weighted by atomic mass is 15.1. The van der Waals surface area contributed by atoms with Gasteiger partial charge in [-0.2, -0.15) is 0 Å². The van der Waals surface area contributed by atoms with Crippen molar-refractivity contribution < 1.29 is 0 Å². The van der Waals surface area contributed by atoms with E-state index in [1.165, 1.54) is 49.3 Å². The smallest absolute Gasteiger partial charge is 0.121 e. The lowest BCUT2D eigenvalue weighted by molar-refractivity contribution is 1.12. The third kappa shape index (κ3) is 1.70. The Morgan fingerprint density at radius 3 is 0.917 bits per heavy atom. The Kier molecular flexibility index (Phi) is 2.69. The van der Waals surface area contributed by atoms with Crippen LogP contribution in [0.25, 0.3) is 66.2 Å². The molecule has 0 aliphatic heterocycles. The summed E-state index contributed by atoms with van der Waals surface area (Å²) < 4.78 is 14.0. The van der Waals surface area contributed by atoms with Crippen molar-refractivity contribution in [3.05, 3.63) is 110 Å². The number of nitrogens with zero attached hydrogens (tertiary/aromatic N) is 6. The minimum absolute atomic E-state index is 1.16. The zero-order valence-corrected chi connectivity index (χ0v) is 19.1. The molecule has 0 fully saturated rings. The topological polar surface area (TPSA) is 26.5 Å². The maximum absolute atomic E-state index is 2.37. The van der Waals surface area contributed by atoms with E-state index >= 15 is 0 Å². The van der Waals surface area contributed by atoms with Gasteiger partial charge in [0.15, 0.2) is 0 Å². The van der Waals surface area contributed by atoms with E-state index < -0.39 is 0 Å². The van der Waals surface area contributed by atoms with E-state index in [0.29, 0.717) is 0 Å². The van der Waals surface area contributed by atoms with Crippen LogP contribution >= 0.6 is 0 Å². The minimum atomic E-state index is 1.16. The Balaban J connectivity index is 1.78. The van der Waals surface area contributed by atoms with E-state index in [1.54, 1.807) is 0 Å². The number of hydrogen-bond donors (Lipinski definition) is 0. The molecule has 0 saturated heterocycles. The summed E-state index contributed by atoms with van der Waals surface area (Å²) in [6.07, 6.45) is 13.1. The Labute approximate surface area is 202 Å². The van der Waals surface area contributed by atoms with E-state index in [2.05, 4.69) is 136 Å². The molecular formula is C30H18N6. The van der Waals surface area contributed by atoms with Crippen molar-refractivity contribution in [2.75, 3.05) is 0 Å². The fourth-order valence-electron chi connectivity index (χ4n) is 6.79. The van der Waals surface area contributed by atoms with E-state index in [0.717, 1.165) is 16.9 Å². The van der Waals surface area contributed by atoms with E-state index in [-0.39, 0.29) is 0 Å². The van der Waals surface area contributed by atoms with Gasteiger partial charge in [-0.05, 0) is 72.8 Å². The molecule has 9 aromatic heterocycles. The van der Waals surface area contributed by atoms with Crippen LogP contribution in [0.5, 0.6) is 0 Å². The van der Waals surface area contributed by atoms with Crippen LogP contribution in [0.15, 0.2) is 110 Å². The van der Waals surface area contributed by atoms with Gasteiger partial charge in [0.1, 0.15) is 16.9 Å². The van der Waals surface area contributed by atoms with Crippen molar-refractivity contribution in [2.24, 2.45) is 0 Å². The summed E-state index contributed by atoms with van der Waals surface area (Å²) in [7, 11) is 0. The Bertz CT molecular complexity index is 2050. The first-order valence-electron chi connectivity index (χ1n) is 12.2. The molecule has 0 atom stereocenters. The number of benzene rings is 1. The third-order valence-corrected chi connectivity index (χ3v) is 8.08. The zero-order valence-electron chi connectivity index (χ0n) is 19.1. The summed E-state index contributed by atoms with van der Waals surface area (Å²) in [5.74, 6) is 0. The second-order valence-corrected chi connectivity index (χ2v) is 9.67. The molecule has 168 valence electrons. The quantitative estimate of drug-likeness (QED) is 0.225. The number of aromatic nitrogens is 6. The first-order chi connectivity index (χ1) is 17.9. The van der Waals surface area contributed by atoms with Gasteiger partial charge in [-0.15, -0.1) is 0 Å². The first kappa shape index (κ1) is 17.4. The predicted octanol–water partition coefficient (Wildman–Crippen LogP) is 6.66. The van der Waals surface area contributed by atoms with E-state index in [4.69, 9.17) is 0 Å². The van der Waals surface area contributed by atoms with Gasteiger partial charge in [0.25, 0.3) is 0 Å². The standard InChI is InChI=1S/C30H18N6/c1-7-19-25-28(34-16-4-10-22(34)31(19)13-1)26-20-8-2-15-33(20)24-12-6-18-36(24)30(26)27-21-9-3-14-32(21)23-11-5-17-35(23)29(25)27/h1-18H. The molecule has 6 heteroatoms. The van der Waals surface area contributed by atoms with Crippen molar-refractivity contribution in [3.8, 4) is 0 Å². The maximum Gasteiger partial charge on any atom is 0.121 e. The minimum Gasteiger partial charge on any atom is -0.302 e. The average molecular weight is 463 g/mol. The first-order valence-corrected chi connectivity index (χ1v) is 12.2. The van der Waals surface area contributed by atoms with E-state index in [1.807, 2.05) is 0 Å². The molecule has 0 spiro atoms. The molecule has 0 amide bonds. The van der Waals surface area contributed by atoms with Crippen molar-refractivity contribution in [1.82, 2.24) is 26.4 Å². The molecule has 0 saturated carbocycles. The second kappa shape index (κ2) is 5.58. The molecule has 10 rings (SSSR count). The van der Waals surface area contributed by atoms with Crippen molar-refractivity contribution in [3.63, 3.8) is 0 Å². The molecule has 0 aliphatic rings. The van der Waals surface area contributed by atoms with Gasteiger partial charge in [-0.3, -0.25) is 0 Å². The molecule has 0 radical (unpaired) electrons. The molecule has 1 aromatic carbocycles. The molecule has 10 aromatic rings. The van der Waals surface area contributed by atoms with Crippen LogP contribution in [0.2, 0.25) is 0 Å². The molecule has 0 aliphatic carbocycles. The monoisotopic (exact) mass is 462 g/mol. The van der Waals surface area contributed by atoms with Crippen LogP contribution in [-0.4, -0.2) is 26.4 Å². The SMILES string of the molecule is c1cc2c3c(c4c5cccn5c5cccn5c4c4c5cccn5c5cccn5c34)n3cccc3n2c1. The fraction of sp³-hybridized carbons (Fsp3) is 0. The normalized spacial score (nSPS) is 13.0. The van der Waals surface area contributed by atoms with Crippen LogP contribution in [0.3, 0.4) is 0 Å². The number of hydrogen-bond acceptors (Lipinski definition) is 0. The second-order valence-electron chi connectivity index (χ2n) is 9.67. The molecule has 0 N–H and O–H groups in total. The average Bonchev–Trinajstić information content (AvgIpc) is 3.73. The summed E-state index contributed by atoms with van der Waals surface area (Å²) in [4.78, 5) is 0. The summed E-state index contributed by atoms with van der Waals surface area (Å²) in [6.45, 7) is 0. The van der Waals surface area contributed by atoms with Crippen LogP contribution in [0, 0.1) is 0 Å². The van der Waals surface area contributed by atoms with Gasteiger partial charge in [0.2, 0.25) is 0 Å². The fourth-order valence-corrected chi connectivity index (χ4v) is 6.79. The van der Waals surface area contributed by atoms with Gasteiger partial charge in [-0.1, -0.05) is 0 Å². The van der Waals surface area contributed by atoms with Gasteiger partial charge >= 0.3 is 0 Å². The predicted molar refractivity (Wildman–Crippen MR) is 145 cm³/mol. The van der Waals surface area contributed by atoms with Crippen LogP contribution in [-0.2, 0) is 0 Å². The Morgan fingerprint density at radius 1 is 0.306 bits per heavy atom. The van der Waals surface area contributed by atoms with Gasteiger partial charge < -0.3 is 26.4 Å². The highest BCUT2D eigenvalue weighted by molar-refractivity contribution is 6.33. The van der Waals surface area contributed by atoms with Crippen LogP contribution in [0.1, 0.15) is 0 Å². The summed E-state index contributed by atoms with van der Waals surface area (Å²) in [6, 6.07) is 26.3. The molecule has 9 heterocycles. The van der Waals surface area contributed by atoms with Gasteiger partial charge in [0, 0.05) is 53.3 Å². The van der Waals surface area contributed by atoms with Gasteiger partial charge in [-0.25, -0.2) is 0 Å².